The number of hydrogen-bond acceptors (Lipinski definition) is 2. The van der Waals surface area contributed by atoms with Gasteiger partial charge in [-0.05, 0) is 13.3 Å². The molecule has 1 aliphatic rings. The van der Waals surface area contributed by atoms with Gasteiger partial charge in [-0.3, -0.25) is 0 Å². The molecule has 0 saturated heterocycles. The van der Waals surface area contributed by atoms with Gasteiger partial charge in [-0.25, -0.2) is 0 Å². The summed E-state index contributed by atoms with van der Waals surface area (Å²) in [4.78, 5) is 0. The Labute approximate surface area is 80.9 Å². The van der Waals surface area contributed by atoms with Crippen molar-refractivity contribution in [3.63, 3.8) is 0 Å². The van der Waals surface area contributed by atoms with E-state index in [2.05, 4.69) is 26.8 Å². The molecule has 0 aromatic carbocycles. The lowest BCUT2D eigenvalue weighted by Gasteiger charge is -2.35. The fourth-order valence-corrected chi connectivity index (χ4v) is 1.71. The summed E-state index contributed by atoms with van der Waals surface area (Å²) in [6, 6.07) is 0. The highest BCUT2D eigenvalue weighted by Crippen LogP contribution is 2.30. The molecule has 0 fully saturated rings. The number of rotatable bonds is 3. The van der Waals surface area contributed by atoms with Crippen LogP contribution >= 0.6 is 0 Å². The first-order valence-electron chi connectivity index (χ1n) is 4.82. The van der Waals surface area contributed by atoms with Gasteiger partial charge in [0.05, 0.1) is 19.3 Å². The van der Waals surface area contributed by atoms with E-state index in [9.17, 15) is 0 Å². The molecule has 2 nitrogen and oxygen atoms in total. The third kappa shape index (κ3) is 2.82. The zero-order chi connectivity index (χ0) is 9.90. The molecular weight excluding hydrogens is 164 g/mol. The van der Waals surface area contributed by atoms with Crippen LogP contribution in [0.15, 0.2) is 11.6 Å². The minimum Gasteiger partial charge on any atom is -0.384 e. The molecule has 0 bridgehead atoms. The third-order valence-corrected chi connectivity index (χ3v) is 2.62. The molecule has 1 atom stereocenters. The Morgan fingerprint density at radius 2 is 2.31 bits per heavy atom. The van der Waals surface area contributed by atoms with Gasteiger partial charge in [0, 0.05) is 12.5 Å². The Hall–Kier alpha value is -0.340. The standard InChI is InChI=1S/C11H20O2/c1-9-5-6-13-10(7-9)11(2,3)8-12-4/h5,10H,6-8H2,1-4H3. The molecule has 13 heavy (non-hydrogen) atoms. The molecular formula is C11H20O2. The average molecular weight is 184 g/mol. The van der Waals surface area contributed by atoms with Crippen molar-refractivity contribution in [1.82, 2.24) is 0 Å². The molecule has 2 heteroatoms. The van der Waals surface area contributed by atoms with E-state index in [0.29, 0.717) is 6.10 Å². The molecule has 0 spiro atoms. The fraction of sp³-hybridized carbons (Fsp3) is 0.818. The summed E-state index contributed by atoms with van der Waals surface area (Å²) in [5, 5.41) is 0. The summed E-state index contributed by atoms with van der Waals surface area (Å²) >= 11 is 0. The lowest BCUT2D eigenvalue weighted by Crippen LogP contribution is -2.37. The summed E-state index contributed by atoms with van der Waals surface area (Å²) in [5.74, 6) is 0. The second-order valence-corrected chi connectivity index (χ2v) is 4.50. The lowest BCUT2D eigenvalue weighted by atomic mass is 9.83. The SMILES string of the molecule is COCC(C)(C)C1CC(C)=CCO1. The second-order valence-electron chi connectivity index (χ2n) is 4.50. The molecule has 0 amide bonds. The van der Waals surface area contributed by atoms with Gasteiger partial charge in [-0.15, -0.1) is 0 Å². The highest BCUT2D eigenvalue weighted by atomic mass is 16.5. The number of methoxy groups -OCH3 is 1. The van der Waals surface area contributed by atoms with E-state index in [-0.39, 0.29) is 5.41 Å². The molecule has 1 aliphatic heterocycles. The van der Waals surface area contributed by atoms with E-state index in [0.717, 1.165) is 19.6 Å². The van der Waals surface area contributed by atoms with Gasteiger partial charge in [0.25, 0.3) is 0 Å². The minimum absolute atomic E-state index is 0.115. The van der Waals surface area contributed by atoms with Crippen LogP contribution in [0.1, 0.15) is 27.2 Å². The second kappa shape index (κ2) is 4.25. The Morgan fingerprint density at radius 1 is 1.62 bits per heavy atom. The summed E-state index contributed by atoms with van der Waals surface area (Å²) in [7, 11) is 1.74. The molecule has 0 radical (unpaired) electrons. The Balaban J connectivity index is 2.56. The Bertz CT molecular complexity index is 194. The molecule has 0 saturated carbocycles. The van der Waals surface area contributed by atoms with Crippen molar-refractivity contribution in [1.29, 1.82) is 0 Å². The van der Waals surface area contributed by atoms with Crippen molar-refractivity contribution in [3.05, 3.63) is 11.6 Å². The maximum absolute atomic E-state index is 5.71. The predicted molar refractivity (Wildman–Crippen MR) is 53.8 cm³/mol. The van der Waals surface area contributed by atoms with Crippen LogP contribution in [0, 0.1) is 5.41 Å². The molecule has 0 aromatic heterocycles. The van der Waals surface area contributed by atoms with Gasteiger partial charge in [-0.2, -0.15) is 0 Å². The zero-order valence-corrected chi connectivity index (χ0v) is 9.09. The molecule has 1 heterocycles. The van der Waals surface area contributed by atoms with Crippen molar-refractivity contribution in [3.8, 4) is 0 Å². The molecule has 0 aliphatic carbocycles. The van der Waals surface area contributed by atoms with Crippen molar-refractivity contribution in [2.24, 2.45) is 5.41 Å². The van der Waals surface area contributed by atoms with Crippen molar-refractivity contribution in [2.75, 3.05) is 20.3 Å². The first-order chi connectivity index (χ1) is 6.06. The van der Waals surface area contributed by atoms with E-state index in [1.165, 1.54) is 5.57 Å². The van der Waals surface area contributed by atoms with Crippen LogP contribution in [0.5, 0.6) is 0 Å². The van der Waals surface area contributed by atoms with Crippen LogP contribution in [0.25, 0.3) is 0 Å². The largest absolute Gasteiger partial charge is 0.384 e. The lowest BCUT2D eigenvalue weighted by molar-refractivity contribution is -0.0525. The Kier molecular flexibility index (Phi) is 3.51. The first-order valence-corrected chi connectivity index (χ1v) is 4.82. The quantitative estimate of drug-likeness (QED) is 0.627. The third-order valence-electron chi connectivity index (χ3n) is 2.62. The van der Waals surface area contributed by atoms with E-state index in [4.69, 9.17) is 9.47 Å². The summed E-state index contributed by atoms with van der Waals surface area (Å²) in [6.45, 7) is 8.06. The number of ether oxygens (including phenoxy) is 2. The topological polar surface area (TPSA) is 18.5 Å². The summed E-state index contributed by atoms with van der Waals surface area (Å²) in [6.07, 6.45) is 3.49. The van der Waals surface area contributed by atoms with Gasteiger partial charge >= 0.3 is 0 Å². The molecule has 0 aromatic rings. The van der Waals surface area contributed by atoms with Crippen molar-refractivity contribution in [2.45, 2.75) is 33.3 Å². The predicted octanol–water partition coefficient (Wildman–Crippen LogP) is 2.39. The smallest absolute Gasteiger partial charge is 0.0689 e. The van der Waals surface area contributed by atoms with E-state index < -0.39 is 0 Å². The van der Waals surface area contributed by atoms with E-state index in [1.54, 1.807) is 7.11 Å². The van der Waals surface area contributed by atoms with Crippen LogP contribution in [0.2, 0.25) is 0 Å². The zero-order valence-electron chi connectivity index (χ0n) is 9.09. The van der Waals surface area contributed by atoms with Crippen molar-refractivity contribution >= 4 is 0 Å². The summed E-state index contributed by atoms with van der Waals surface area (Å²) in [5.41, 5.74) is 1.55. The normalized spacial score (nSPS) is 24.3. The average Bonchev–Trinajstić information content (AvgIpc) is 2.04. The maximum Gasteiger partial charge on any atom is 0.0689 e. The van der Waals surface area contributed by atoms with Crippen LogP contribution in [0.3, 0.4) is 0 Å². The van der Waals surface area contributed by atoms with Gasteiger partial charge in [-0.1, -0.05) is 25.5 Å². The monoisotopic (exact) mass is 184 g/mol. The minimum atomic E-state index is 0.115. The molecule has 1 rings (SSSR count). The fourth-order valence-electron chi connectivity index (χ4n) is 1.71. The van der Waals surface area contributed by atoms with Crippen LogP contribution in [-0.2, 0) is 9.47 Å². The highest BCUT2D eigenvalue weighted by Gasteiger charge is 2.31. The van der Waals surface area contributed by atoms with Crippen LogP contribution < -0.4 is 0 Å². The summed E-state index contributed by atoms with van der Waals surface area (Å²) < 4.78 is 10.9. The van der Waals surface area contributed by atoms with Crippen LogP contribution in [0.4, 0.5) is 0 Å². The number of hydrogen-bond donors (Lipinski definition) is 0. The molecule has 0 N–H and O–H groups in total. The van der Waals surface area contributed by atoms with Gasteiger partial charge < -0.3 is 9.47 Å². The Morgan fingerprint density at radius 3 is 2.85 bits per heavy atom. The molecule has 1 unspecified atom stereocenters. The van der Waals surface area contributed by atoms with E-state index in [1.807, 2.05) is 0 Å². The molecule has 76 valence electrons. The van der Waals surface area contributed by atoms with Gasteiger partial charge in [0.15, 0.2) is 0 Å². The first kappa shape index (κ1) is 10.7. The van der Waals surface area contributed by atoms with Crippen LogP contribution in [-0.4, -0.2) is 26.4 Å². The van der Waals surface area contributed by atoms with Gasteiger partial charge in [0.2, 0.25) is 0 Å². The van der Waals surface area contributed by atoms with E-state index >= 15 is 0 Å². The van der Waals surface area contributed by atoms with Crippen molar-refractivity contribution < 1.29 is 9.47 Å². The highest BCUT2D eigenvalue weighted by molar-refractivity contribution is 5.05. The maximum atomic E-state index is 5.71. The van der Waals surface area contributed by atoms with Gasteiger partial charge in [0.1, 0.15) is 0 Å².